The highest BCUT2D eigenvalue weighted by Crippen LogP contribution is 2.14. The summed E-state index contributed by atoms with van der Waals surface area (Å²) in [7, 11) is 1.29. The number of rotatable bonds is 5. The molecule has 1 aromatic rings. The van der Waals surface area contributed by atoms with Crippen LogP contribution in [0.4, 0.5) is 16.2 Å². The molecule has 6 heteroatoms. The highest BCUT2D eigenvalue weighted by molar-refractivity contribution is 5.95. The zero-order valence-corrected chi connectivity index (χ0v) is 12.0. The van der Waals surface area contributed by atoms with Crippen molar-refractivity contribution in [2.24, 2.45) is 11.7 Å². The molecule has 0 aromatic heterocycles. The topological polar surface area (TPSA) is 93.5 Å². The molecule has 1 rings (SSSR count). The summed E-state index contributed by atoms with van der Waals surface area (Å²) in [5, 5.41) is 5.26. The summed E-state index contributed by atoms with van der Waals surface area (Å²) in [5.74, 6) is 0.148. The number of hydrogen-bond acceptors (Lipinski definition) is 4. The molecule has 0 aliphatic heterocycles. The standard InChI is InChI=1S/C14H21N3O3/c1-9(2)8-12(15)13(18)16-10-4-6-11(7-5-10)17-14(19)20-3/h4-7,9,12H,8,15H2,1-3H3,(H,16,18)(H,17,19)/t12-/m0/s1. The van der Waals surface area contributed by atoms with Crippen LogP contribution in [0.5, 0.6) is 0 Å². The second kappa shape index (κ2) is 7.49. The summed E-state index contributed by atoms with van der Waals surface area (Å²) >= 11 is 0. The van der Waals surface area contributed by atoms with E-state index < -0.39 is 12.1 Å². The van der Waals surface area contributed by atoms with Crippen molar-refractivity contribution in [1.29, 1.82) is 0 Å². The van der Waals surface area contributed by atoms with Gasteiger partial charge in [0.2, 0.25) is 5.91 Å². The van der Waals surface area contributed by atoms with Crippen LogP contribution in [-0.2, 0) is 9.53 Å². The molecule has 0 bridgehead atoms. The number of benzene rings is 1. The zero-order chi connectivity index (χ0) is 15.1. The van der Waals surface area contributed by atoms with Gasteiger partial charge in [-0.3, -0.25) is 10.1 Å². The summed E-state index contributed by atoms with van der Waals surface area (Å²) in [6.45, 7) is 4.03. The molecule has 0 aliphatic rings. The average Bonchev–Trinajstić information content (AvgIpc) is 2.40. The summed E-state index contributed by atoms with van der Waals surface area (Å²) in [6, 6.07) is 6.18. The lowest BCUT2D eigenvalue weighted by molar-refractivity contribution is -0.117. The number of amides is 2. The van der Waals surface area contributed by atoms with Crippen LogP contribution in [0, 0.1) is 5.92 Å². The van der Waals surface area contributed by atoms with Crippen molar-refractivity contribution in [3.63, 3.8) is 0 Å². The van der Waals surface area contributed by atoms with E-state index in [0.29, 0.717) is 23.7 Å². The predicted molar refractivity (Wildman–Crippen MR) is 78.5 cm³/mol. The number of carbonyl (C=O) groups excluding carboxylic acids is 2. The molecule has 1 atom stereocenters. The summed E-state index contributed by atoms with van der Waals surface area (Å²) in [4.78, 5) is 22.8. The van der Waals surface area contributed by atoms with Gasteiger partial charge in [-0.25, -0.2) is 4.79 Å². The molecule has 0 spiro atoms. The largest absolute Gasteiger partial charge is 0.453 e. The second-order valence-corrected chi connectivity index (χ2v) is 4.92. The highest BCUT2D eigenvalue weighted by Gasteiger charge is 2.14. The van der Waals surface area contributed by atoms with Crippen LogP contribution in [0.1, 0.15) is 20.3 Å². The molecule has 20 heavy (non-hydrogen) atoms. The van der Waals surface area contributed by atoms with Gasteiger partial charge in [0.25, 0.3) is 0 Å². The van der Waals surface area contributed by atoms with Gasteiger partial charge in [-0.15, -0.1) is 0 Å². The third-order valence-electron chi connectivity index (χ3n) is 2.65. The van der Waals surface area contributed by atoms with Crippen LogP contribution < -0.4 is 16.4 Å². The molecular formula is C14H21N3O3. The van der Waals surface area contributed by atoms with Gasteiger partial charge in [-0.2, -0.15) is 0 Å². The molecule has 0 saturated heterocycles. The molecule has 0 unspecified atom stereocenters. The lowest BCUT2D eigenvalue weighted by atomic mass is 10.0. The Bertz CT molecular complexity index is 457. The average molecular weight is 279 g/mol. The molecule has 0 saturated carbocycles. The van der Waals surface area contributed by atoms with Gasteiger partial charge in [-0.1, -0.05) is 13.8 Å². The van der Waals surface area contributed by atoms with E-state index in [1.54, 1.807) is 24.3 Å². The Labute approximate surface area is 118 Å². The second-order valence-electron chi connectivity index (χ2n) is 4.92. The van der Waals surface area contributed by atoms with Crippen LogP contribution >= 0.6 is 0 Å². The predicted octanol–water partition coefficient (Wildman–Crippen LogP) is 2.18. The molecule has 0 fully saturated rings. The minimum atomic E-state index is -0.541. The minimum absolute atomic E-state index is 0.215. The zero-order valence-electron chi connectivity index (χ0n) is 12.0. The first-order valence-corrected chi connectivity index (χ1v) is 6.44. The van der Waals surface area contributed by atoms with Gasteiger partial charge in [0.15, 0.2) is 0 Å². The number of anilines is 2. The fraction of sp³-hybridized carbons (Fsp3) is 0.429. The quantitative estimate of drug-likeness (QED) is 0.770. The number of hydrogen-bond donors (Lipinski definition) is 3. The van der Waals surface area contributed by atoms with E-state index in [1.165, 1.54) is 7.11 Å². The number of carbonyl (C=O) groups is 2. The molecule has 0 heterocycles. The molecule has 0 radical (unpaired) electrons. The fourth-order valence-electron chi connectivity index (χ4n) is 1.66. The normalized spacial score (nSPS) is 11.8. The number of ether oxygens (including phenoxy) is 1. The van der Waals surface area contributed by atoms with Crippen LogP contribution in [0.25, 0.3) is 0 Å². The van der Waals surface area contributed by atoms with E-state index in [0.717, 1.165) is 0 Å². The number of methoxy groups -OCH3 is 1. The maximum atomic E-state index is 11.8. The first kappa shape index (κ1) is 16.0. The Morgan fingerprint density at radius 1 is 1.15 bits per heavy atom. The van der Waals surface area contributed by atoms with E-state index in [-0.39, 0.29) is 5.91 Å². The monoisotopic (exact) mass is 279 g/mol. The molecule has 6 nitrogen and oxygen atoms in total. The highest BCUT2D eigenvalue weighted by atomic mass is 16.5. The Balaban J connectivity index is 2.56. The first-order chi connectivity index (χ1) is 9.42. The van der Waals surface area contributed by atoms with Crippen molar-refractivity contribution in [3.8, 4) is 0 Å². The summed E-state index contributed by atoms with van der Waals surface area (Å²) < 4.78 is 4.48. The number of nitrogens with two attached hydrogens (primary N) is 1. The summed E-state index contributed by atoms with van der Waals surface area (Å²) in [5.41, 5.74) is 7.01. The van der Waals surface area contributed by atoms with Crippen LogP contribution in [0.3, 0.4) is 0 Å². The van der Waals surface area contributed by atoms with Crippen molar-refractivity contribution < 1.29 is 14.3 Å². The molecule has 110 valence electrons. The van der Waals surface area contributed by atoms with Crippen molar-refractivity contribution in [2.75, 3.05) is 17.7 Å². The smallest absolute Gasteiger partial charge is 0.411 e. The van der Waals surface area contributed by atoms with Crippen molar-refractivity contribution >= 4 is 23.4 Å². The van der Waals surface area contributed by atoms with E-state index in [4.69, 9.17) is 5.73 Å². The Hall–Kier alpha value is -2.08. The molecule has 1 aromatic carbocycles. The van der Waals surface area contributed by atoms with Crippen molar-refractivity contribution in [1.82, 2.24) is 0 Å². The van der Waals surface area contributed by atoms with Crippen molar-refractivity contribution in [2.45, 2.75) is 26.3 Å². The molecular weight excluding hydrogens is 258 g/mol. The van der Waals surface area contributed by atoms with Gasteiger partial charge in [0.05, 0.1) is 13.2 Å². The van der Waals surface area contributed by atoms with Crippen molar-refractivity contribution in [3.05, 3.63) is 24.3 Å². The van der Waals surface area contributed by atoms with Gasteiger partial charge in [0.1, 0.15) is 0 Å². The first-order valence-electron chi connectivity index (χ1n) is 6.44. The third kappa shape index (κ3) is 5.27. The number of nitrogens with one attached hydrogen (secondary N) is 2. The van der Waals surface area contributed by atoms with Crippen LogP contribution in [0.15, 0.2) is 24.3 Å². The minimum Gasteiger partial charge on any atom is -0.453 e. The Morgan fingerprint density at radius 3 is 2.10 bits per heavy atom. The lowest BCUT2D eigenvalue weighted by Crippen LogP contribution is -2.36. The summed E-state index contributed by atoms with van der Waals surface area (Å²) in [6.07, 6.45) is 0.0918. The maximum absolute atomic E-state index is 11.8. The van der Waals surface area contributed by atoms with Crippen LogP contribution in [0.2, 0.25) is 0 Å². The SMILES string of the molecule is COC(=O)Nc1ccc(NC(=O)[C@@H](N)CC(C)C)cc1. The van der Waals surface area contributed by atoms with E-state index >= 15 is 0 Å². The van der Waals surface area contributed by atoms with E-state index in [9.17, 15) is 9.59 Å². The van der Waals surface area contributed by atoms with Gasteiger partial charge in [-0.05, 0) is 36.6 Å². The van der Waals surface area contributed by atoms with Gasteiger partial charge >= 0.3 is 6.09 Å². The Morgan fingerprint density at radius 2 is 1.65 bits per heavy atom. The fourth-order valence-corrected chi connectivity index (χ4v) is 1.66. The van der Waals surface area contributed by atoms with E-state index in [2.05, 4.69) is 15.4 Å². The lowest BCUT2D eigenvalue weighted by Gasteiger charge is -2.14. The van der Waals surface area contributed by atoms with E-state index in [1.807, 2.05) is 13.8 Å². The van der Waals surface area contributed by atoms with Crippen LogP contribution in [-0.4, -0.2) is 25.2 Å². The van der Waals surface area contributed by atoms with Gasteiger partial charge in [0, 0.05) is 11.4 Å². The Kier molecular flexibility index (Phi) is 5.99. The molecule has 0 aliphatic carbocycles. The van der Waals surface area contributed by atoms with Gasteiger partial charge < -0.3 is 15.8 Å². The third-order valence-corrected chi connectivity index (χ3v) is 2.65. The maximum Gasteiger partial charge on any atom is 0.411 e. The molecule has 2 amide bonds. The molecule has 4 N–H and O–H groups in total.